The number of carbonyl (C=O) groups is 1. The van der Waals surface area contributed by atoms with Crippen molar-refractivity contribution in [3.8, 4) is 11.5 Å². The van der Waals surface area contributed by atoms with E-state index in [4.69, 9.17) is 9.15 Å². The van der Waals surface area contributed by atoms with E-state index in [1.165, 1.54) is 6.07 Å². The van der Waals surface area contributed by atoms with Crippen molar-refractivity contribution in [1.82, 2.24) is 10.2 Å². The quantitative estimate of drug-likeness (QED) is 0.356. The molecule has 0 saturated carbocycles. The fourth-order valence-electron chi connectivity index (χ4n) is 2.42. The number of aryl methyl sites for hydroxylation is 2. The van der Waals surface area contributed by atoms with Gasteiger partial charge in [0.15, 0.2) is 0 Å². The fourth-order valence-corrected chi connectivity index (χ4v) is 2.42. The molecule has 0 bridgehead atoms. The second kappa shape index (κ2) is 8.22. The molecule has 3 aromatic rings. The van der Waals surface area contributed by atoms with E-state index >= 15 is 0 Å². The van der Waals surface area contributed by atoms with Gasteiger partial charge in [-0.3, -0.25) is 14.9 Å². The van der Waals surface area contributed by atoms with Crippen molar-refractivity contribution in [2.75, 3.05) is 0 Å². The van der Waals surface area contributed by atoms with Crippen LogP contribution in [0.15, 0.2) is 52.9 Å². The van der Waals surface area contributed by atoms with Gasteiger partial charge in [-0.05, 0) is 25.1 Å². The van der Waals surface area contributed by atoms with Gasteiger partial charge in [-0.1, -0.05) is 29.8 Å². The summed E-state index contributed by atoms with van der Waals surface area (Å²) in [5.74, 6) is 0.217. The summed E-state index contributed by atoms with van der Waals surface area (Å²) in [5.41, 5.74) is 2.19. The van der Waals surface area contributed by atoms with Crippen molar-refractivity contribution in [2.45, 2.75) is 26.4 Å². The Morgan fingerprint density at radius 3 is 2.63 bits per heavy atom. The molecule has 1 aromatic heterocycles. The van der Waals surface area contributed by atoms with Gasteiger partial charge in [0, 0.05) is 18.1 Å². The zero-order chi connectivity index (χ0) is 19.2. The van der Waals surface area contributed by atoms with Crippen molar-refractivity contribution in [3.05, 3.63) is 75.7 Å². The van der Waals surface area contributed by atoms with Crippen molar-refractivity contribution < 1.29 is 18.9 Å². The van der Waals surface area contributed by atoms with Gasteiger partial charge >= 0.3 is 5.97 Å². The van der Waals surface area contributed by atoms with Gasteiger partial charge in [0.1, 0.15) is 6.61 Å². The topological polar surface area (TPSA) is 108 Å². The highest BCUT2D eigenvalue weighted by Gasteiger charge is 2.15. The van der Waals surface area contributed by atoms with Crippen molar-refractivity contribution in [1.29, 1.82) is 0 Å². The number of nitrogens with zero attached hydrogens (tertiary/aromatic N) is 3. The van der Waals surface area contributed by atoms with Crippen LogP contribution in [0, 0.1) is 17.0 Å². The normalized spacial score (nSPS) is 10.6. The van der Waals surface area contributed by atoms with E-state index < -0.39 is 10.9 Å². The Kier molecular flexibility index (Phi) is 5.55. The first-order valence-electron chi connectivity index (χ1n) is 8.30. The molecule has 8 heteroatoms. The highest BCUT2D eigenvalue weighted by Crippen LogP contribution is 2.20. The number of esters is 1. The lowest BCUT2D eigenvalue weighted by Crippen LogP contribution is -2.07. The number of nitro benzene ring substituents is 1. The molecule has 0 fully saturated rings. The zero-order valence-corrected chi connectivity index (χ0v) is 14.6. The minimum absolute atomic E-state index is 0.0379. The number of nitro groups is 1. The van der Waals surface area contributed by atoms with Crippen LogP contribution in [0.25, 0.3) is 11.5 Å². The van der Waals surface area contributed by atoms with E-state index in [9.17, 15) is 14.9 Å². The Morgan fingerprint density at radius 2 is 1.89 bits per heavy atom. The third kappa shape index (κ3) is 4.75. The number of hydrogen-bond acceptors (Lipinski definition) is 7. The van der Waals surface area contributed by atoms with Gasteiger partial charge in [0.05, 0.1) is 16.9 Å². The van der Waals surface area contributed by atoms with Crippen molar-refractivity contribution in [2.24, 2.45) is 0 Å². The first-order chi connectivity index (χ1) is 13.0. The summed E-state index contributed by atoms with van der Waals surface area (Å²) in [4.78, 5) is 22.3. The molecule has 2 aromatic carbocycles. The van der Waals surface area contributed by atoms with Gasteiger partial charge in [0.25, 0.3) is 5.69 Å². The van der Waals surface area contributed by atoms with Gasteiger partial charge < -0.3 is 9.15 Å². The SMILES string of the molecule is Cc1ccc(-c2nnc(CCC(=O)OCc3ccccc3[N+](=O)[O-])o2)cc1. The van der Waals surface area contributed by atoms with Crippen LogP contribution >= 0.6 is 0 Å². The second-order valence-corrected chi connectivity index (χ2v) is 5.91. The number of benzene rings is 2. The van der Waals surface area contributed by atoms with Gasteiger partial charge in [-0.15, -0.1) is 10.2 Å². The zero-order valence-electron chi connectivity index (χ0n) is 14.6. The molecule has 1 heterocycles. The second-order valence-electron chi connectivity index (χ2n) is 5.91. The molecule has 0 N–H and O–H groups in total. The lowest BCUT2D eigenvalue weighted by Gasteiger charge is -2.04. The molecule has 0 unspecified atom stereocenters. The summed E-state index contributed by atoms with van der Waals surface area (Å²) in [7, 11) is 0. The first kappa shape index (κ1) is 18.2. The van der Waals surface area contributed by atoms with Crippen molar-refractivity contribution >= 4 is 11.7 Å². The lowest BCUT2D eigenvalue weighted by molar-refractivity contribution is -0.385. The predicted molar refractivity (Wildman–Crippen MR) is 95.7 cm³/mol. The van der Waals surface area contributed by atoms with Gasteiger partial charge in [-0.2, -0.15) is 0 Å². The van der Waals surface area contributed by atoms with Crippen LogP contribution in [-0.4, -0.2) is 21.1 Å². The summed E-state index contributed by atoms with van der Waals surface area (Å²) in [6, 6.07) is 13.8. The molecule has 0 aliphatic rings. The monoisotopic (exact) mass is 367 g/mol. The molecule has 0 amide bonds. The number of ether oxygens (including phenoxy) is 1. The number of para-hydroxylation sites is 1. The summed E-state index contributed by atoms with van der Waals surface area (Å²) in [5, 5.41) is 18.9. The average molecular weight is 367 g/mol. The molecule has 0 saturated heterocycles. The van der Waals surface area contributed by atoms with E-state index in [2.05, 4.69) is 10.2 Å². The van der Waals surface area contributed by atoms with Crippen LogP contribution in [0.3, 0.4) is 0 Å². The highest BCUT2D eigenvalue weighted by molar-refractivity contribution is 5.69. The summed E-state index contributed by atoms with van der Waals surface area (Å²) in [6.07, 6.45) is 0.269. The molecule has 0 aliphatic heterocycles. The van der Waals surface area contributed by atoms with Crippen LogP contribution in [0.5, 0.6) is 0 Å². The number of carbonyl (C=O) groups excluding carboxylic acids is 1. The van der Waals surface area contributed by atoms with E-state index in [1.807, 2.05) is 31.2 Å². The molecular weight excluding hydrogens is 350 g/mol. The third-order valence-corrected chi connectivity index (χ3v) is 3.89. The van der Waals surface area contributed by atoms with E-state index in [0.29, 0.717) is 17.3 Å². The van der Waals surface area contributed by atoms with Gasteiger partial charge in [0.2, 0.25) is 11.8 Å². The van der Waals surface area contributed by atoms with Crippen LogP contribution in [-0.2, 0) is 22.6 Å². The Bertz CT molecular complexity index is 950. The maximum Gasteiger partial charge on any atom is 0.306 e. The summed E-state index contributed by atoms with van der Waals surface area (Å²) < 4.78 is 10.7. The molecule has 138 valence electrons. The summed E-state index contributed by atoms with van der Waals surface area (Å²) in [6.45, 7) is 1.83. The minimum Gasteiger partial charge on any atom is -0.461 e. The summed E-state index contributed by atoms with van der Waals surface area (Å²) >= 11 is 0. The number of aromatic nitrogens is 2. The molecular formula is C19H17N3O5. The van der Waals surface area contributed by atoms with Crippen LogP contribution in [0.4, 0.5) is 5.69 Å². The molecule has 3 rings (SSSR count). The Balaban J connectivity index is 1.53. The van der Waals surface area contributed by atoms with Gasteiger partial charge in [-0.25, -0.2) is 0 Å². The minimum atomic E-state index is -0.506. The highest BCUT2D eigenvalue weighted by atomic mass is 16.6. The molecule has 8 nitrogen and oxygen atoms in total. The van der Waals surface area contributed by atoms with E-state index in [1.54, 1.807) is 18.2 Å². The smallest absolute Gasteiger partial charge is 0.306 e. The molecule has 0 aliphatic carbocycles. The van der Waals surface area contributed by atoms with E-state index in [-0.39, 0.29) is 25.1 Å². The maximum absolute atomic E-state index is 11.9. The average Bonchev–Trinajstić information content (AvgIpc) is 3.14. The largest absolute Gasteiger partial charge is 0.461 e. The molecule has 0 spiro atoms. The third-order valence-electron chi connectivity index (χ3n) is 3.89. The Morgan fingerprint density at radius 1 is 1.15 bits per heavy atom. The predicted octanol–water partition coefficient (Wildman–Crippen LogP) is 3.63. The first-order valence-corrected chi connectivity index (χ1v) is 8.30. The number of hydrogen-bond donors (Lipinski definition) is 0. The maximum atomic E-state index is 11.9. The van der Waals surface area contributed by atoms with Crippen molar-refractivity contribution in [3.63, 3.8) is 0 Å². The standard InChI is InChI=1S/C19H17N3O5/c1-13-6-8-14(9-7-13)19-21-20-17(27-19)10-11-18(23)26-12-15-4-2-3-5-16(15)22(24)25/h2-9H,10-12H2,1H3. The van der Waals surface area contributed by atoms with Crippen LogP contribution in [0.2, 0.25) is 0 Å². The molecule has 27 heavy (non-hydrogen) atoms. The Labute approximate surface area is 155 Å². The Hall–Kier alpha value is -3.55. The number of rotatable bonds is 7. The fraction of sp³-hybridized carbons (Fsp3) is 0.211. The lowest BCUT2D eigenvalue weighted by atomic mass is 10.1. The van der Waals surface area contributed by atoms with Crippen LogP contribution in [0.1, 0.15) is 23.4 Å². The molecule has 0 radical (unpaired) electrons. The van der Waals surface area contributed by atoms with Crippen LogP contribution < -0.4 is 0 Å². The molecule has 0 atom stereocenters. The van der Waals surface area contributed by atoms with E-state index in [0.717, 1.165) is 11.1 Å².